The fraction of sp³-hybridized carbons (Fsp3) is 0.355. The normalized spacial score (nSPS) is 12.2. The molecule has 0 fully saturated rings. The van der Waals surface area contributed by atoms with Gasteiger partial charge in [0.25, 0.3) is 10.0 Å². The first-order valence-electron chi connectivity index (χ1n) is 13.6. The van der Waals surface area contributed by atoms with E-state index in [9.17, 15) is 18.0 Å². The van der Waals surface area contributed by atoms with Crippen LogP contribution in [0.5, 0.6) is 0 Å². The Morgan fingerprint density at radius 3 is 2.20 bits per heavy atom. The van der Waals surface area contributed by atoms with E-state index in [2.05, 4.69) is 5.32 Å². The molecule has 0 aliphatic carbocycles. The number of sulfonamides is 1. The van der Waals surface area contributed by atoms with Gasteiger partial charge in [0, 0.05) is 13.1 Å². The predicted octanol–water partition coefficient (Wildman–Crippen LogP) is 6.12. The van der Waals surface area contributed by atoms with Crippen LogP contribution in [-0.2, 0) is 26.0 Å². The van der Waals surface area contributed by atoms with Crippen molar-refractivity contribution in [3.05, 3.63) is 94.0 Å². The van der Waals surface area contributed by atoms with Gasteiger partial charge in [-0.3, -0.25) is 13.9 Å². The Kier molecular flexibility index (Phi) is 11.6. The molecule has 0 unspecified atom stereocenters. The number of amides is 2. The van der Waals surface area contributed by atoms with Crippen LogP contribution in [0.3, 0.4) is 0 Å². The molecule has 0 radical (unpaired) electrons. The summed E-state index contributed by atoms with van der Waals surface area (Å²) in [6, 6.07) is 19.8. The number of carbonyl (C=O) groups is 2. The Hall–Kier alpha value is -3.07. The van der Waals surface area contributed by atoms with E-state index in [1.807, 2.05) is 58.0 Å². The van der Waals surface area contributed by atoms with Gasteiger partial charge in [-0.05, 0) is 55.5 Å². The molecule has 0 aliphatic heterocycles. The molecule has 3 aromatic rings. The largest absolute Gasteiger partial charge is 0.354 e. The highest BCUT2D eigenvalue weighted by molar-refractivity contribution is 7.92. The summed E-state index contributed by atoms with van der Waals surface area (Å²) in [6.45, 7) is 7.77. The van der Waals surface area contributed by atoms with E-state index >= 15 is 0 Å². The number of benzene rings is 3. The van der Waals surface area contributed by atoms with Crippen molar-refractivity contribution in [3.63, 3.8) is 0 Å². The van der Waals surface area contributed by atoms with Crippen molar-refractivity contribution in [1.82, 2.24) is 10.2 Å². The minimum Gasteiger partial charge on any atom is -0.354 e. The van der Waals surface area contributed by atoms with Crippen LogP contribution in [0, 0.1) is 12.8 Å². The number of nitrogens with zero attached hydrogens (tertiary/aromatic N) is 2. The number of carbonyl (C=O) groups excluding carboxylic acids is 2. The Morgan fingerprint density at radius 2 is 1.59 bits per heavy atom. The molecule has 0 saturated heterocycles. The van der Waals surface area contributed by atoms with Crippen molar-refractivity contribution < 1.29 is 18.0 Å². The highest BCUT2D eigenvalue weighted by Gasteiger charge is 2.34. The summed E-state index contributed by atoms with van der Waals surface area (Å²) >= 11 is 12.8. The second-order valence-corrected chi connectivity index (χ2v) is 12.9. The quantitative estimate of drug-likeness (QED) is 0.250. The summed E-state index contributed by atoms with van der Waals surface area (Å²) in [5.74, 6) is -0.583. The van der Waals surface area contributed by atoms with Gasteiger partial charge in [0.15, 0.2) is 0 Å². The first-order chi connectivity index (χ1) is 19.4. The summed E-state index contributed by atoms with van der Waals surface area (Å²) < 4.78 is 28.9. The molecule has 0 heterocycles. The van der Waals surface area contributed by atoms with Crippen LogP contribution in [0.2, 0.25) is 10.0 Å². The van der Waals surface area contributed by atoms with Gasteiger partial charge in [-0.25, -0.2) is 8.42 Å². The maximum atomic E-state index is 14.1. The Bertz CT molecular complexity index is 1430. The number of halogens is 2. The van der Waals surface area contributed by atoms with Crippen LogP contribution in [-0.4, -0.2) is 50.8 Å². The van der Waals surface area contributed by atoms with E-state index in [1.54, 1.807) is 24.3 Å². The van der Waals surface area contributed by atoms with E-state index < -0.39 is 28.5 Å². The lowest BCUT2D eigenvalue weighted by molar-refractivity contribution is -0.139. The molecule has 1 N–H and O–H groups in total. The third-order valence-electron chi connectivity index (χ3n) is 6.64. The van der Waals surface area contributed by atoms with Crippen molar-refractivity contribution in [2.24, 2.45) is 5.92 Å². The van der Waals surface area contributed by atoms with Crippen LogP contribution in [0.1, 0.15) is 38.3 Å². The maximum absolute atomic E-state index is 14.1. The van der Waals surface area contributed by atoms with Crippen molar-refractivity contribution in [2.45, 2.75) is 51.5 Å². The second-order valence-electron chi connectivity index (χ2n) is 10.3. The first kappa shape index (κ1) is 32.4. The minimum atomic E-state index is -4.24. The molecule has 0 aliphatic rings. The summed E-state index contributed by atoms with van der Waals surface area (Å²) in [5, 5.41) is 3.09. The molecule has 0 aromatic heterocycles. The highest BCUT2D eigenvalue weighted by atomic mass is 35.5. The zero-order valence-electron chi connectivity index (χ0n) is 23.8. The van der Waals surface area contributed by atoms with Crippen molar-refractivity contribution >= 4 is 50.7 Å². The molecule has 10 heteroatoms. The minimum absolute atomic E-state index is 0.00416. The lowest BCUT2D eigenvalue weighted by Crippen LogP contribution is -2.53. The van der Waals surface area contributed by atoms with Crippen LogP contribution < -0.4 is 9.62 Å². The lowest BCUT2D eigenvalue weighted by Gasteiger charge is -2.33. The monoisotopic (exact) mass is 617 g/mol. The highest BCUT2D eigenvalue weighted by Crippen LogP contribution is 2.35. The van der Waals surface area contributed by atoms with Crippen LogP contribution in [0.15, 0.2) is 77.7 Å². The van der Waals surface area contributed by atoms with Gasteiger partial charge in [-0.15, -0.1) is 0 Å². The molecule has 0 saturated carbocycles. The number of hydrogen-bond acceptors (Lipinski definition) is 4. The van der Waals surface area contributed by atoms with Crippen molar-refractivity contribution in [1.29, 1.82) is 0 Å². The number of nitrogens with one attached hydrogen (secondary N) is 1. The van der Waals surface area contributed by atoms with Gasteiger partial charge < -0.3 is 10.2 Å². The molecule has 0 spiro atoms. The molecule has 3 rings (SSSR count). The van der Waals surface area contributed by atoms with E-state index in [1.165, 1.54) is 23.1 Å². The standard InChI is InChI=1S/C31H37Cl2N3O4S/c1-5-27(31(38)34-20-22(2)3)35(19-18-24-10-7-6-8-11-24)29(37)21-36(28-13-9-12-26(32)30(28)33)41(39,40)25-16-14-23(4)15-17-25/h6-17,22,27H,5,18-21H2,1-4H3,(H,34,38)/t27-/m0/s1. The molecule has 3 aromatic carbocycles. The van der Waals surface area contributed by atoms with Crippen molar-refractivity contribution in [2.75, 3.05) is 23.9 Å². The van der Waals surface area contributed by atoms with Crippen LogP contribution >= 0.6 is 23.2 Å². The van der Waals surface area contributed by atoms with Crippen LogP contribution in [0.4, 0.5) is 5.69 Å². The number of anilines is 1. The fourth-order valence-corrected chi connectivity index (χ4v) is 6.23. The third-order valence-corrected chi connectivity index (χ3v) is 9.23. The van der Waals surface area contributed by atoms with Gasteiger partial charge in [-0.2, -0.15) is 0 Å². The van der Waals surface area contributed by atoms with Gasteiger partial charge in [-0.1, -0.05) is 98.1 Å². The van der Waals surface area contributed by atoms with E-state index in [0.29, 0.717) is 19.4 Å². The summed E-state index contributed by atoms with van der Waals surface area (Å²) in [7, 11) is -4.24. The first-order valence-corrected chi connectivity index (χ1v) is 15.8. The molecule has 220 valence electrons. The zero-order valence-corrected chi connectivity index (χ0v) is 26.1. The van der Waals surface area contributed by atoms with Gasteiger partial charge in [0.1, 0.15) is 12.6 Å². The molecule has 1 atom stereocenters. The summed E-state index contributed by atoms with van der Waals surface area (Å²) in [4.78, 5) is 28.8. The Morgan fingerprint density at radius 1 is 0.927 bits per heavy atom. The fourth-order valence-electron chi connectivity index (χ4n) is 4.35. The summed E-state index contributed by atoms with van der Waals surface area (Å²) in [5.41, 5.74) is 1.95. The molecular formula is C31H37Cl2N3O4S. The van der Waals surface area contributed by atoms with E-state index in [4.69, 9.17) is 23.2 Å². The summed E-state index contributed by atoms with van der Waals surface area (Å²) in [6.07, 6.45) is 0.844. The molecular weight excluding hydrogens is 581 g/mol. The smallest absolute Gasteiger partial charge is 0.264 e. The predicted molar refractivity (Wildman–Crippen MR) is 166 cm³/mol. The Balaban J connectivity index is 2.04. The number of rotatable bonds is 13. The molecule has 41 heavy (non-hydrogen) atoms. The number of hydrogen-bond donors (Lipinski definition) is 1. The maximum Gasteiger partial charge on any atom is 0.264 e. The van der Waals surface area contributed by atoms with E-state index in [0.717, 1.165) is 15.4 Å². The zero-order chi connectivity index (χ0) is 30.2. The molecule has 7 nitrogen and oxygen atoms in total. The van der Waals surface area contributed by atoms with Crippen molar-refractivity contribution in [3.8, 4) is 0 Å². The number of aryl methyl sites for hydroxylation is 1. The molecule has 2 amide bonds. The molecule has 0 bridgehead atoms. The lowest BCUT2D eigenvalue weighted by atomic mass is 10.1. The van der Waals surface area contributed by atoms with Gasteiger partial charge in [0.2, 0.25) is 11.8 Å². The van der Waals surface area contributed by atoms with E-state index in [-0.39, 0.29) is 39.0 Å². The van der Waals surface area contributed by atoms with Gasteiger partial charge in [0.05, 0.1) is 20.6 Å². The SMILES string of the molecule is CC[C@@H](C(=O)NCC(C)C)N(CCc1ccccc1)C(=O)CN(c1cccc(Cl)c1Cl)S(=O)(=O)c1ccc(C)cc1. The Labute approximate surface area is 253 Å². The van der Waals surface area contributed by atoms with Crippen LogP contribution in [0.25, 0.3) is 0 Å². The van der Waals surface area contributed by atoms with Gasteiger partial charge >= 0.3 is 0 Å². The topological polar surface area (TPSA) is 86.8 Å². The third kappa shape index (κ3) is 8.47. The average molecular weight is 619 g/mol. The average Bonchev–Trinajstić information content (AvgIpc) is 2.95. The second kappa shape index (κ2) is 14.7.